The van der Waals surface area contributed by atoms with Crippen LogP contribution in [-0.4, -0.2) is 31.2 Å². The molecule has 2 aromatic rings. The van der Waals surface area contributed by atoms with Gasteiger partial charge in [0.15, 0.2) is 6.10 Å². The molecule has 0 fully saturated rings. The van der Waals surface area contributed by atoms with Gasteiger partial charge < -0.3 is 14.8 Å². The fourth-order valence-corrected chi connectivity index (χ4v) is 4.29. The fraction of sp³-hybridized carbons (Fsp3) is 0.440. The van der Waals surface area contributed by atoms with E-state index in [2.05, 4.69) is 5.32 Å². The number of ether oxygens (including phenoxy) is 2. The molecule has 1 unspecified atom stereocenters. The van der Waals surface area contributed by atoms with Gasteiger partial charge in [0, 0.05) is 36.0 Å². The molecule has 2 heterocycles. The predicted molar refractivity (Wildman–Crippen MR) is 121 cm³/mol. The standard InChI is InChI=1S/C25H27F3N2O4/c1-15(2)11-22(31)34-21-14-33-20-12-18(8-9-19(20)21)30(24(32)25(26,27)28)13-17-6-3-5-16-7-4-10-29-23(16)17/h3,5-6,8-9,12,15,21,29H,4,7,10-11,13-14H2,1-2H3. The molecule has 1 atom stereocenters. The molecule has 2 aliphatic rings. The van der Waals surface area contributed by atoms with Crippen LogP contribution >= 0.6 is 0 Å². The second-order valence-corrected chi connectivity index (χ2v) is 8.98. The Hall–Kier alpha value is -3.23. The summed E-state index contributed by atoms with van der Waals surface area (Å²) in [6, 6.07) is 9.84. The zero-order valence-corrected chi connectivity index (χ0v) is 19.1. The van der Waals surface area contributed by atoms with Crippen LogP contribution in [0.4, 0.5) is 24.5 Å². The van der Waals surface area contributed by atoms with E-state index in [1.807, 2.05) is 19.9 Å². The third kappa shape index (κ3) is 5.13. The number of carbonyl (C=O) groups is 2. The number of amides is 1. The number of alkyl halides is 3. The summed E-state index contributed by atoms with van der Waals surface area (Å²) in [5.74, 6) is -1.89. The summed E-state index contributed by atoms with van der Waals surface area (Å²) in [6.07, 6.45) is -3.66. The molecule has 9 heteroatoms. The van der Waals surface area contributed by atoms with Gasteiger partial charge in [0.05, 0.1) is 6.54 Å². The highest BCUT2D eigenvalue weighted by molar-refractivity contribution is 5.97. The van der Waals surface area contributed by atoms with Crippen molar-refractivity contribution in [1.82, 2.24) is 0 Å². The minimum Gasteiger partial charge on any atom is -0.489 e. The Bertz CT molecular complexity index is 1080. The second kappa shape index (κ2) is 9.56. The third-order valence-electron chi connectivity index (χ3n) is 5.87. The average Bonchev–Trinajstić information content (AvgIpc) is 3.17. The van der Waals surface area contributed by atoms with E-state index in [1.54, 1.807) is 18.2 Å². The van der Waals surface area contributed by atoms with E-state index in [4.69, 9.17) is 9.47 Å². The van der Waals surface area contributed by atoms with Crippen molar-refractivity contribution < 1.29 is 32.2 Å². The van der Waals surface area contributed by atoms with E-state index in [9.17, 15) is 22.8 Å². The van der Waals surface area contributed by atoms with Crippen LogP contribution in [0.2, 0.25) is 0 Å². The summed E-state index contributed by atoms with van der Waals surface area (Å²) in [4.78, 5) is 25.2. The number of hydrogen-bond acceptors (Lipinski definition) is 5. The lowest BCUT2D eigenvalue weighted by molar-refractivity contribution is -0.170. The van der Waals surface area contributed by atoms with Crippen LogP contribution in [0.15, 0.2) is 36.4 Å². The molecule has 0 aromatic heterocycles. The highest BCUT2D eigenvalue weighted by atomic mass is 19.4. The maximum atomic E-state index is 13.5. The molecular formula is C25H27F3N2O4. The molecule has 0 bridgehead atoms. The Labute approximate surface area is 196 Å². The minimum absolute atomic E-state index is 0.0589. The van der Waals surface area contributed by atoms with Crippen molar-refractivity contribution in [2.45, 2.75) is 51.9 Å². The molecule has 34 heavy (non-hydrogen) atoms. The van der Waals surface area contributed by atoms with Gasteiger partial charge in [0.1, 0.15) is 12.4 Å². The Morgan fingerprint density at radius 1 is 1.24 bits per heavy atom. The normalized spacial score (nSPS) is 16.8. The van der Waals surface area contributed by atoms with Gasteiger partial charge in [0.25, 0.3) is 0 Å². The topological polar surface area (TPSA) is 67.9 Å². The lowest BCUT2D eigenvalue weighted by Crippen LogP contribution is -2.41. The molecule has 0 saturated heterocycles. The molecule has 0 spiro atoms. The summed E-state index contributed by atoms with van der Waals surface area (Å²) in [5.41, 5.74) is 3.04. The number of hydrogen-bond donors (Lipinski definition) is 1. The lowest BCUT2D eigenvalue weighted by atomic mass is 9.99. The highest BCUT2D eigenvalue weighted by Gasteiger charge is 2.43. The summed E-state index contributed by atoms with van der Waals surface area (Å²) >= 11 is 0. The first-order valence-corrected chi connectivity index (χ1v) is 11.3. The fourth-order valence-electron chi connectivity index (χ4n) is 4.29. The van der Waals surface area contributed by atoms with Gasteiger partial charge in [-0.15, -0.1) is 0 Å². The molecule has 4 rings (SSSR count). The number of fused-ring (bicyclic) bond motifs is 2. The highest BCUT2D eigenvalue weighted by Crippen LogP contribution is 2.39. The number of anilines is 2. The first-order valence-electron chi connectivity index (χ1n) is 11.3. The summed E-state index contributed by atoms with van der Waals surface area (Å²) in [5, 5.41) is 3.25. The van der Waals surface area contributed by atoms with Crippen molar-refractivity contribution in [2.75, 3.05) is 23.4 Å². The van der Waals surface area contributed by atoms with Gasteiger partial charge in [-0.1, -0.05) is 32.0 Å². The van der Waals surface area contributed by atoms with Gasteiger partial charge >= 0.3 is 18.1 Å². The Kier molecular flexibility index (Phi) is 6.72. The smallest absolute Gasteiger partial charge is 0.471 e. The molecule has 1 N–H and O–H groups in total. The minimum atomic E-state index is -5.04. The molecule has 0 radical (unpaired) electrons. The largest absolute Gasteiger partial charge is 0.489 e. The monoisotopic (exact) mass is 476 g/mol. The van der Waals surface area contributed by atoms with Gasteiger partial charge in [0.2, 0.25) is 0 Å². The first-order chi connectivity index (χ1) is 16.1. The van der Waals surface area contributed by atoms with Crippen LogP contribution in [0.5, 0.6) is 5.75 Å². The van der Waals surface area contributed by atoms with Crippen molar-refractivity contribution in [3.63, 3.8) is 0 Å². The number of halogens is 3. The van der Waals surface area contributed by atoms with E-state index >= 15 is 0 Å². The molecular weight excluding hydrogens is 449 g/mol. The zero-order valence-electron chi connectivity index (χ0n) is 19.1. The average molecular weight is 476 g/mol. The van der Waals surface area contributed by atoms with Crippen molar-refractivity contribution in [1.29, 1.82) is 0 Å². The van der Waals surface area contributed by atoms with E-state index in [0.717, 1.165) is 30.6 Å². The summed E-state index contributed by atoms with van der Waals surface area (Å²) < 4.78 is 51.6. The Morgan fingerprint density at radius 3 is 2.76 bits per heavy atom. The predicted octanol–water partition coefficient (Wildman–Crippen LogP) is 5.16. The lowest BCUT2D eigenvalue weighted by Gasteiger charge is -2.27. The molecule has 6 nitrogen and oxygen atoms in total. The third-order valence-corrected chi connectivity index (χ3v) is 5.87. The van der Waals surface area contributed by atoms with Gasteiger partial charge in [-0.2, -0.15) is 13.2 Å². The number of esters is 1. The molecule has 0 saturated carbocycles. The van der Waals surface area contributed by atoms with Crippen LogP contribution in [0, 0.1) is 5.92 Å². The molecule has 182 valence electrons. The van der Waals surface area contributed by atoms with Crippen molar-refractivity contribution in [3.8, 4) is 5.75 Å². The summed E-state index contributed by atoms with van der Waals surface area (Å²) in [6.45, 7) is 4.35. The van der Waals surface area contributed by atoms with E-state index in [0.29, 0.717) is 21.8 Å². The molecule has 0 aliphatic carbocycles. The Morgan fingerprint density at radius 2 is 2.03 bits per heavy atom. The van der Waals surface area contributed by atoms with Crippen LogP contribution in [0.1, 0.15) is 49.5 Å². The second-order valence-electron chi connectivity index (χ2n) is 8.98. The van der Waals surface area contributed by atoms with E-state index < -0.39 is 18.2 Å². The zero-order chi connectivity index (χ0) is 24.5. The van der Waals surface area contributed by atoms with Crippen LogP contribution in [0.25, 0.3) is 0 Å². The quantitative estimate of drug-likeness (QED) is 0.583. The Balaban J connectivity index is 1.62. The molecule has 1 amide bonds. The van der Waals surface area contributed by atoms with Gasteiger partial charge in [-0.3, -0.25) is 14.5 Å². The number of rotatable bonds is 6. The van der Waals surface area contributed by atoms with E-state index in [-0.39, 0.29) is 37.1 Å². The number of aryl methyl sites for hydroxylation is 1. The maximum Gasteiger partial charge on any atom is 0.471 e. The van der Waals surface area contributed by atoms with Gasteiger partial charge in [-0.25, -0.2) is 0 Å². The van der Waals surface area contributed by atoms with Crippen LogP contribution in [0.3, 0.4) is 0 Å². The SMILES string of the molecule is CC(C)CC(=O)OC1COc2cc(N(Cc3cccc4c3NCCC4)C(=O)C(F)(F)F)ccc21. The van der Waals surface area contributed by atoms with Crippen LogP contribution < -0.4 is 15.0 Å². The molecule has 2 aromatic carbocycles. The number of para-hydroxylation sites is 1. The summed E-state index contributed by atoms with van der Waals surface area (Å²) in [7, 11) is 0. The number of nitrogens with one attached hydrogen (secondary N) is 1. The van der Waals surface area contributed by atoms with Gasteiger partial charge in [-0.05, 0) is 42.0 Å². The van der Waals surface area contributed by atoms with Crippen molar-refractivity contribution >= 4 is 23.3 Å². The number of benzene rings is 2. The van der Waals surface area contributed by atoms with E-state index in [1.165, 1.54) is 12.1 Å². The molecule has 2 aliphatic heterocycles. The van der Waals surface area contributed by atoms with Crippen molar-refractivity contribution in [3.05, 3.63) is 53.1 Å². The number of nitrogens with zero attached hydrogens (tertiary/aromatic N) is 1. The number of carbonyl (C=O) groups excluding carboxylic acids is 2. The first kappa shape index (κ1) is 23.9. The van der Waals surface area contributed by atoms with Crippen molar-refractivity contribution in [2.24, 2.45) is 5.92 Å². The maximum absolute atomic E-state index is 13.5. The van der Waals surface area contributed by atoms with Crippen LogP contribution in [-0.2, 0) is 27.3 Å².